The molecule has 0 radical (unpaired) electrons. The second-order valence-electron chi connectivity index (χ2n) is 8.26. The highest BCUT2D eigenvalue weighted by Crippen LogP contribution is 2.28. The molecule has 0 saturated heterocycles. The largest absolute Gasteiger partial charge is 0.493 e. The minimum Gasteiger partial charge on any atom is -0.493 e. The first-order chi connectivity index (χ1) is 14.2. The van der Waals surface area contributed by atoms with Crippen LogP contribution in [0.25, 0.3) is 10.9 Å². The molecule has 1 N–H and O–H groups in total. The topological polar surface area (TPSA) is 28.3 Å². The minimum atomic E-state index is -1.12. The molecule has 0 spiro atoms. The number of hydrogen-bond acceptors (Lipinski definition) is 2. The maximum atomic E-state index is 13.7. The van der Waals surface area contributed by atoms with Crippen LogP contribution in [0.15, 0.2) is 42.5 Å². The summed E-state index contributed by atoms with van der Waals surface area (Å²) in [7, 11) is 0. The van der Waals surface area contributed by atoms with E-state index in [0.717, 1.165) is 32.0 Å². The number of rotatable bonds is 5. The van der Waals surface area contributed by atoms with E-state index in [1.165, 1.54) is 34.3 Å². The maximum absolute atomic E-state index is 13.7. The third-order valence-electron chi connectivity index (χ3n) is 4.87. The quantitative estimate of drug-likeness (QED) is 0.548. The van der Waals surface area contributed by atoms with E-state index in [4.69, 9.17) is 4.74 Å². The van der Waals surface area contributed by atoms with Crippen molar-refractivity contribution >= 4 is 10.9 Å². The Kier molecular flexibility index (Phi) is 7.08. The van der Waals surface area contributed by atoms with Crippen molar-refractivity contribution in [2.75, 3.05) is 19.7 Å². The number of hydrogen-bond donors (Lipinski definition) is 1. The first-order valence-corrected chi connectivity index (χ1v) is 10.3. The predicted octanol–water partition coefficient (Wildman–Crippen LogP) is 6.03. The summed E-state index contributed by atoms with van der Waals surface area (Å²) in [5.74, 6) is -0.975. The van der Waals surface area contributed by atoms with E-state index in [1.807, 2.05) is 13.0 Å². The Labute approximate surface area is 175 Å². The molecule has 3 nitrogen and oxygen atoms in total. The van der Waals surface area contributed by atoms with Crippen molar-refractivity contribution in [1.82, 2.24) is 9.88 Å². The van der Waals surface area contributed by atoms with Crippen molar-refractivity contribution < 1.29 is 17.9 Å². The van der Waals surface area contributed by atoms with Crippen molar-refractivity contribution in [2.24, 2.45) is 0 Å². The molecular formula is C24H29F3N2O. The van der Waals surface area contributed by atoms with Gasteiger partial charge in [0.05, 0.1) is 6.61 Å². The fourth-order valence-corrected chi connectivity index (χ4v) is 3.75. The van der Waals surface area contributed by atoms with Crippen LogP contribution in [0.5, 0.6) is 5.75 Å². The standard InChI is InChI=1S/C15H19FN2.C9H10F2O/c1-15(2,16)10-18-8-7-12-11-5-3-4-6-13(11)17-14(12)9-18;1-2-3-12-9-5-7(10)4-8(11)6-9/h3-6,17H,7-10H2,1-2H3;4-6H,2-3H2,1H3. The molecule has 0 fully saturated rings. The molecule has 0 bridgehead atoms. The summed E-state index contributed by atoms with van der Waals surface area (Å²) < 4.78 is 43.8. The molecule has 2 aromatic carbocycles. The molecule has 30 heavy (non-hydrogen) atoms. The lowest BCUT2D eigenvalue weighted by atomic mass is 10.0. The summed E-state index contributed by atoms with van der Waals surface area (Å²) >= 11 is 0. The van der Waals surface area contributed by atoms with Gasteiger partial charge >= 0.3 is 0 Å². The molecule has 3 aromatic rings. The molecule has 0 amide bonds. The van der Waals surface area contributed by atoms with Crippen molar-refractivity contribution in [3.05, 3.63) is 65.4 Å². The number of nitrogens with one attached hydrogen (secondary N) is 1. The highest BCUT2D eigenvalue weighted by molar-refractivity contribution is 5.84. The SMILES string of the molecule is CC(C)(F)CN1CCc2c([nH]c3ccccc23)C1.CCCOc1cc(F)cc(F)c1. The molecule has 0 saturated carbocycles. The van der Waals surface area contributed by atoms with E-state index in [1.54, 1.807) is 13.8 Å². The third-order valence-corrected chi connectivity index (χ3v) is 4.87. The maximum Gasteiger partial charge on any atom is 0.129 e. The molecule has 162 valence electrons. The number of halogens is 3. The van der Waals surface area contributed by atoms with E-state index in [0.29, 0.717) is 13.2 Å². The Hall–Kier alpha value is -2.47. The summed E-state index contributed by atoms with van der Waals surface area (Å²) in [5, 5.41) is 1.33. The van der Waals surface area contributed by atoms with E-state index in [9.17, 15) is 13.2 Å². The molecule has 1 aliphatic rings. The fraction of sp³-hybridized carbons (Fsp3) is 0.417. The van der Waals surface area contributed by atoms with Crippen molar-refractivity contribution in [3.63, 3.8) is 0 Å². The van der Waals surface area contributed by atoms with Crippen LogP contribution in [0.3, 0.4) is 0 Å². The van der Waals surface area contributed by atoms with Gasteiger partial charge in [0, 0.05) is 54.4 Å². The van der Waals surface area contributed by atoms with Gasteiger partial charge in [-0.05, 0) is 38.3 Å². The summed E-state index contributed by atoms with van der Waals surface area (Å²) in [6, 6.07) is 11.5. The lowest BCUT2D eigenvalue weighted by Crippen LogP contribution is -2.39. The lowest BCUT2D eigenvalue weighted by molar-refractivity contribution is 0.116. The number of aromatic nitrogens is 1. The summed E-state index contributed by atoms with van der Waals surface area (Å²) in [6.45, 7) is 7.97. The van der Waals surface area contributed by atoms with Gasteiger partial charge in [-0.3, -0.25) is 4.90 Å². The number of para-hydroxylation sites is 1. The lowest BCUT2D eigenvalue weighted by Gasteiger charge is -2.30. The van der Waals surface area contributed by atoms with Gasteiger partial charge in [0.1, 0.15) is 23.1 Å². The molecule has 0 aliphatic carbocycles. The monoisotopic (exact) mass is 418 g/mol. The van der Waals surface area contributed by atoms with Crippen LogP contribution < -0.4 is 4.74 Å². The van der Waals surface area contributed by atoms with Gasteiger partial charge in [0.15, 0.2) is 0 Å². The van der Waals surface area contributed by atoms with Gasteiger partial charge in [-0.1, -0.05) is 25.1 Å². The first-order valence-electron chi connectivity index (χ1n) is 10.3. The number of fused-ring (bicyclic) bond motifs is 3. The van der Waals surface area contributed by atoms with Gasteiger partial charge < -0.3 is 9.72 Å². The molecule has 1 aliphatic heterocycles. The van der Waals surface area contributed by atoms with E-state index < -0.39 is 17.3 Å². The molecule has 2 heterocycles. The fourth-order valence-electron chi connectivity index (χ4n) is 3.75. The summed E-state index contributed by atoms with van der Waals surface area (Å²) in [6.07, 6.45) is 1.83. The summed E-state index contributed by atoms with van der Waals surface area (Å²) in [5.41, 5.74) is 2.75. The van der Waals surface area contributed by atoms with Crippen LogP contribution in [-0.2, 0) is 13.0 Å². The highest BCUT2D eigenvalue weighted by Gasteiger charge is 2.25. The molecule has 6 heteroatoms. The van der Waals surface area contributed by atoms with Crippen LogP contribution in [0.2, 0.25) is 0 Å². The normalized spacial score (nSPS) is 14.2. The molecule has 0 atom stereocenters. The first kappa shape index (κ1) is 22.2. The van der Waals surface area contributed by atoms with Crippen LogP contribution >= 0.6 is 0 Å². The Morgan fingerprint density at radius 2 is 1.80 bits per heavy atom. The van der Waals surface area contributed by atoms with E-state index >= 15 is 0 Å². The number of ether oxygens (including phenoxy) is 1. The van der Waals surface area contributed by atoms with E-state index in [-0.39, 0.29) is 5.75 Å². The average Bonchev–Trinajstić information content (AvgIpc) is 3.02. The van der Waals surface area contributed by atoms with Gasteiger partial charge in [0.25, 0.3) is 0 Å². The number of nitrogens with zero attached hydrogens (tertiary/aromatic N) is 1. The van der Waals surface area contributed by atoms with Crippen molar-refractivity contribution in [2.45, 2.75) is 45.8 Å². The van der Waals surface area contributed by atoms with Gasteiger partial charge in [-0.25, -0.2) is 13.2 Å². The Balaban J connectivity index is 0.000000187. The van der Waals surface area contributed by atoms with Crippen LogP contribution in [0.1, 0.15) is 38.4 Å². The Morgan fingerprint density at radius 3 is 2.47 bits per heavy atom. The zero-order valence-corrected chi connectivity index (χ0v) is 17.8. The smallest absolute Gasteiger partial charge is 0.129 e. The molecular weight excluding hydrogens is 389 g/mol. The number of aromatic amines is 1. The Morgan fingerprint density at radius 1 is 1.10 bits per heavy atom. The van der Waals surface area contributed by atoms with E-state index in [2.05, 4.69) is 28.1 Å². The second kappa shape index (κ2) is 9.56. The molecule has 1 aromatic heterocycles. The van der Waals surface area contributed by atoms with Gasteiger partial charge in [-0.2, -0.15) is 0 Å². The zero-order chi connectivity index (χ0) is 21.7. The third kappa shape index (κ3) is 6.02. The molecule has 4 rings (SSSR count). The molecule has 0 unspecified atom stereocenters. The number of H-pyrrole nitrogens is 1. The zero-order valence-electron chi connectivity index (χ0n) is 17.8. The van der Waals surface area contributed by atoms with Crippen molar-refractivity contribution in [3.8, 4) is 5.75 Å². The van der Waals surface area contributed by atoms with Crippen LogP contribution in [0.4, 0.5) is 13.2 Å². The summed E-state index contributed by atoms with van der Waals surface area (Å²) in [4.78, 5) is 5.66. The number of benzene rings is 2. The van der Waals surface area contributed by atoms with Crippen LogP contribution in [-0.4, -0.2) is 35.2 Å². The van der Waals surface area contributed by atoms with Gasteiger partial charge in [0.2, 0.25) is 0 Å². The van der Waals surface area contributed by atoms with Crippen molar-refractivity contribution in [1.29, 1.82) is 0 Å². The van der Waals surface area contributed by atoms with Crippen LogP contribution in [0, 0.1) is 11.6 Å². The minimum absolute atomic E-state index is 0.245. The van der Waals surface area contributed by atoms with Gasteiger partial charge in [-0.15, -0.1) is 0 Å². The number of alkyl halides is 1. The predicted molar refractivity (Wildman–Crippen MR) is 115 cm³/mol. The average molecular weight is 419 g/mol. The Bertz CT molecular complexity index is 958. The highest BCUT2D eigenvalue weighted by atomic mass is 19.1. The second-order valence-corrected chi connectivity index (χ2v) is 8.26.